The fourth-order valence-electron chi connectivity index (χ4n) is 3.30. The number of amides is 1. The molecule has 0 bridgehead atoms. The van der Waals surface area contributed by atoms with E-state index in [0.717, 1.165) is 42.3 Å². The van der Waals surface area contributed by atoms with Crippen LogP contribution in [0.3, 0.4) is 0 Å². The minimum absolute atomic E-state index is 0.0767. The number of benzene rings is 2. The van der Waals surface area contributed by atoms with Crippen LogP contribution in [-0.2, 0) is 4.79 Å². The van der Waals surface area contributed by atoms with E-state index in [1.807, 2.05) is 36.4 Å². The molecule has 1 heterocycles. The van der Waals surface area contributed by atoms with Crippen molar-refractivity contribution in [3.8, 4) is 0 Å². The van der Waals surface area contributed by atoms with Gasteiger partial charge in [-0.2, -0.15) is 0 Å². The average molecular weight is 364 g/mol. The predicted molar refractivity (Wildman–Crippen MR) is 114 cm³/mol. The Morgan fingerprint density at radius 2 is 1.70 bits per heavy atom. The molecule has 5 heteroatoms. The van der Waals surface area contributed by atoms with Gasteiger partial charge in [-0.25, -0.2) is 0 Å². The van der Waals surface area contributed by atoms with Crippen molar-refractivity contribution in [1.29, 1.82) is 0 Å². The maximum atomic E-state index is 12.1. The highest BCUT2D eigenvalue weighted by Gasteiger charge is 2.23. The SMILES string of the molecule is CCN(CC)CC(C)Nc1ccc(NC=C2C(=O)Nc3ccccc32)cc1. The molecule has 1 aliphatic rings. The first-order valence-corrected chi connectivity index (χ1v) is 9.57. The maximum Gasteiger partial charge on any atom is 0.257 e. The largest absolute Gasteiger partial charge is 0.381 e. The van der Waals surface area contributed by atoms with E-state index in [1.54, 1.807) is 6.20 Å². The van der Waals surface area contributed by atoms with Crippen molar-refractivity contribution in [3.63, 3.8) is 0 Å². The van der Waals surface area contributed by atoms with Crippen LogP contribution in [0.1, 0.15) is 26.3 Å². The van der Waals surface area contributed by atoms with Crippen molar-refractivity contribution < 1.29 is 4.79 Å². The first-order valence-electron chi connectivity index (χ1n) is 9.57. The van der Waals surface area contributed by atoms with Gasteiger partial charge in [-0.15, -0.1) is 0 Å². The summed E-state index contributed by atoms with van der Waals surface area (Å²) in [4.78, 5) is 14.5. The lowest BCUT2D eigenvalue weighted by Gasteiger charge is -2.24. The van der Waals surface area contributed by atoms with E-state index in [-0.39, 0.29) is 5.91 Å². The number of fused-ring (bicyclic) bond motifs is 1. The molecule has 5 nitrogen and oxygen atoms in total. The van der Waals surface area contributed by atoms with E-state index in [1.165, 1.54) is 0 Å². The molecule has 142 valence electrons. The van der Waals surface area contributed by atoms with Crippen LogP contribution in [0.15, 0.2) is 54.7 Å². The molecule has 2 aromatic carbocycles. The van der Waals surface area contributed by atoms with Crippen LogP contribution in [0.25, 0.3) is 5.57 Å². The first kappa shape index (κ1) is 19.0. The molecule has 1 unspecified atom stereocenters. The second-order valence-electron chi connectivity index (χ2n) is 6.81. The molecule has 3 rings (SSSR count). The van der Waals surface area contributed by atoms with Gasteiger partial charge in [0.2, 0.25) is 0 Å². The van der Waals surface area contributed by atoms with Gasteiger partial charge in [0, 0.05) is 41.4 Å². The third kappa shape index (κ3) is 4.68. The Balaban J connectivity index is 1.61. The summed E-state index contributed by atoms with van der Waals surface area (Å²) < 4.78 is 0. The van der Waals surface area contributed by atoms with Crippen LogP contribution in [-0.4, -0.2) is 36.5 Å². The van der Waals surface area contributed by atoms with E-state index in [9.17, 15) is 4.79 Å². The molecule has 0 spiro atoms. The van der Waals surface area contributed by atoms with Gasteiger partial charge in [-0.1, -0.05) is 32.0 Å². The van der Waals surface area contributed by atoms with Gasteiger partial charge < -0.3 is 20.9 Å². The van der Waals surface area contributed by atoms with Gasteiger partial charge in [0.25, 0.3) is 5.91 Å². The molecule has 0 radical (unpaired) electrons. The number of para-hydroxylation sites is 1. The summed E-state index contributed by atoms with van der Waals surface area (Å²) in [6.07, 6.45) is 1.77. The number of carbonyl (C=O) groups excluding carboxylic acids is 1. The number of hydrogen-bond donors (Lipinski definition) is 3. The maximum absolute atomic E-state index is 12.1. The molecule has 27 heavy (non-hydrogen) atoms. The molecular formula is C22H28N4O. The standard InChI is InChI=1S/C22H28N4O/c1-4-26(5-2)15-16(3)24-18-12-10-17(11-13-18)23-14-20-19-8-6-7-9-21(19)25-22(20)27/h6-14,16,23-24H,4-5,15H2,1-3H3,(H,25,27). The first-order chi connectivity index (χ1) is 13.1. The number of likely N-dealkylation sites (N-methyl/N-ethyl adjacent to an activating group) is 1. The third-order valence-electron chi connectivity index (χ3n) is 4.82. The monoisotopic (exact) mass is 364 g/mol. The number of hydrogen-bond acceptors (Lipinski definition) is 4. The van der Waals surface area contributed by atoms with Crippen molar-refractivity contribution >= 4 is 28.5 Å². The Bertz CT molecular complexity index is 809. The normalized spacial score (nSPS) is 15.6. The van der Waals surface area contributed by atoms with E-state index >= 15 is 0 Å². The van der Waals surface area contributed by atoms with Crippen molar-refractivity contribution in [2.75, 3.05) is 35.6 Å². The third-order valence-corrected chi connectivity index (χ3v) is 4.82. The molecule has 0 saturated heterocycles. The Labute approximate surface area is 161 Å². The van der Waals surface area contributed by atoms with E-state index in [4.69, 9.17) is 0 Å². The predicted octanol–water partition coefficient (Wildman–Crippen LogP) is 4.23. The zero-order valence-electron chi connectivity index (χ0n) is 16.3. The number of rotatable bonds is 8. The van der Waals surface area contributed by atoms with Crippen LogP contribution >= 0.6 is 0 Å². The quantitative estimate of drug-likeness (QED) is 0.614. The molecule has 0 saturated carbocycles. The minimum atomic E-state index is -0.0767. The molecule has 2 aromatic rings. The lowest BCUT2D eigenvalue weighted by Crippen LogP contribution is -2.34. The Morgan fingerprint density at radius 1 is 1.04 bits per heavy atom. The summed E-state index contributed by atoms with van der Waals surface area (Å²) in [5, 5.41) is 9.64. The highest BCUT2D eigenvalue weighted by molar-refractivity contribution is 6.31. The smallest absolute Gasteiger partial charge is 0.257 e. The highest BCUT2D eigenvalue weighted by atomic mass is 16.2. The van der Waals surface area contributed by atoms with E-state index in [2.05, 4.69) is 53.8 Å². The van der Waals surface area contributed by atoms with Gasteiger partial charge in [0.05, 0.1) is 5.57 Å². The fourth-order valence-corrected chi connectivity index (χ4v) is 3.30. The van der Waals surface area contributed by atoms with E-state index < -0.39 is 0 Å². The van der Waals surface area contributed by atoms with Crippen molar-refractivity contribution in [2.45, 2.75) is 26.8 Å². The van der Waals surface area contributed by atoms with Gasteiger partial charge in [0.1, 0.15) is 0 Å². The summed E-state index contributed by atoms with van der Waals surface area (Å²) in [6, 6.07) is 16.2. The molecule has 3 N–H and O–H groups in total. The second kappa shape index (κ2) is 8.73. The number of anilines is 3. The summed E-state index contributed by atoms with van der Waals surface area (Å²) in [5.41, 5.74) is 4.48. The van der Waals surface area contributed by atoms with Crippen LogP contribution in [0.4, 0.5) is 17.1 Å². The lowest BCUT2D eigenvalue weighted by atomic mass is 10.1. The second-order valence-corrected chi connectivity index (χ2v) is 6.81. The number of carbonyl (C=O) groups is 1. The molecule has 1 atom stereocenters. The molecule has 0 aromatic heterocycles. The molecule has 1 aliphatic heterocycles. The van der Waals surface area contributed by atoms with Gasteiger partial charge in [-0.05, 0) is 50.3 Å². The highest BCUT2D eigenvalue weighted by Crippen LogP contribution is 2.31. The van der Waals surface area contributed by atoms with Crippen molar-refractivity contribution in [1.82, 2.24) is 4.90 Å². The van der Waals surface area contributed by atoms with Crippen LogP contribution < -0.4 is 16.0 Å². The van der Waals surface area contributed by atoms with Crippen LogP contribution in [0.5, 0.6) is 0 Å². The van der Waals surface area contributed by atoms with E-state index in [0.29, 0.717) is 11.6 Å². The average Bonchev–Trinajstić information content (AvgIpc) is 3.00. The summed E-state index contributed by atoms with van der Waals surface area (Å²) in [5.74, 6) is -0.0767. The molecule has 0 fully saturated rings. The molecule has 0 aliphatic carbocycles. The Kier molecular flexibility index (Phi) is 6.14. The minimum Gasteiger partial charge on any atom is -0.381 e. The number of nitrogens with one attached hydrogen (secondary N) is 3. The lowest BCUT2D eigenvalue weighted by molar-refractivity contribution is -0.110. The Morgan fingerprint density at radius 3 is 2.41 bits per heavy atom. The Hall–Kier alpha value is -2.79. The summed E-state index contributed by atoms with van der Waals surface area (Å²) in [7, 11) is 0. The fraction of sp³-hybridized carbons (Fsp3) is 0.318. The molecule has 1 amide bonds. The van der Waals surface area contributed by atoms with Crippen LogP contribution in [0, 0.1) is 0 Å². The molecular weight excluding hydrogens is 336 g/mol. The zero-order chi connectivity index (χ0) is 19.2. The van der Waals surface area contributed by atoms with Crippen molar-refractivity contribution in [2.24, 2.45) is 0 Å². The van der Waals surface area contributed by atoms with Crippen LogP contribution in [0.2, 0.25) is 0 Å². The summed E-state index contributed by atoms with van der Waals surface area (Å²) >= 11 is 0. The van der Waals surface area contributed by atoms with Gasteiger partial charge in [-0.3, -0.25) is 4.79 Å². The topological polar surface area (TPSA) is 56.4 Å². The van der Waals surface area contributed by atoms with Gasteiger partial charge in [0.15, 0.2) is 0 Å². The zero-order valence-corrected chi connectivity index (χ0v) is 16.3. The number of nitrogens with zero attached hydrogens (tertiary/aromatic N) is 1. The summed E-state index contributed by atoms with van der Waals surface area (Å²) in [6.45, 7) is 9.73. The van der Waals surface area contributed by atoms with Crippen molar-refractivity contribution in [3.05, 3.63) is 60.3 Å². The van der Waals surface area contributed by atoms with Gasteiger partial charge >= 0.3 is 0 Å².